The number of anilines is 1. The van der Waals surface area contributed by atoms with E-state index in [0.717, 1.165) is 31.5 Å². The van der Waals surface area contributed by atoms with Crippen molar-refractivity contribution in [2.45, 2.75) is 38.7 Å². The Kier molecular flexibility index (Phi) is 6.80. The Labute approximate surface area is 136 Å². The van der Waals surface area contributed by atoms with E-state index in [9.17, 15) is 14.3 Å². The molecule has 5 nitrogen and oxygen atoms in total. The maximum atomic E-state index is 13.6. The van der Waals surface area contributed by atoms with Gasteiger partial charge < -0.3 is 20.6 Å². The maximum Gasteiger partial charge on any atom is 0.319 e. The number of hydrogen-bond acceptors (Lipinski definition) is 3. The zero-order chi connectivity index (χ0) is 16.7. The Balaban J connectivity index is 1.73. The van der Waals surface area contributed by atoms with Gasteiger partial charge in [-0.15, -0.1) is 0 Å². The predicted octanol–water partition coefficient (Wildman–Crippen LogP) is 2.49. The minimum Gasteiger partial charge on any atom is -0.390 e. The molecule has 0 spiro atoms. The van der Waals surface area contributed by atoms with E-state index in [-0.39, 0.29) is 12.2 Å². The summed E-state index contributed by atoms with van der Waals surface area (Å²) in [7, 11) is 0. The van der Waals surface area contributed by atoms with Gasteiger partial charge in [0.05, 0.1) is 11.8 Å². The molecular weight excluding hydrogens is 297 g/mol. The fraction of sp³-hybridized carbons (Fsp3) is 0.588. The monoisotopic (exact) mass is 323 g/mol. The van der Waals surface area contributed by atoms with Crippen LogP contribution >= 0.6 is 0 Å². The summed E-state index contributed by atoms with van der Waals surface area (Å²) in [5.74, 6) is -0.476. The van der Waals surface area contributed by atoms with Gasteiger partial charge in [-0.25, -0.2) is 9.18 Å². The van der Waals surface area contributed by atoms with Gasteiger partial charge in [-0.3, -0.25) is 0 Å². The van der Waals surface area contributed by atoms with Crippen LogP contribution < -0.4 is 10.6 Å². The zero-order valence-electron chi connectivity index (χ0n) is 13.6. The lowest BCUT2D eigenvalue weighted by Gasteiger charge is -2.23. The first-order valence-corrected chi connectivity index (χ1v) is 8.26. The highest BCUT2D eigenvalue weighted by atomic mass is 19.1. The number of β-amino-alcohol motifs (C(OH)–C–C–N with tert-alkyl or cyclic N) is 1. The van der Waals surface area contributed by atoms with Gasteiger partial charge in [-0.05, 0) is 50.6 Å². The molecule has 0 radical (unpaired) electrons. The van der Waals surface area contributed by atoms with Gasteiger partial charge in [-0.1, -0.05) is 18.9 Å². The predicted molar refractivity (Wildman–Crippen MR) is 89.1 cm³/mol. The van der Waals surface area contributed by atoms with E-state index < -0.39 is 18.0 Å². The van der Waals surface area contributed by atoms with Crippen LogP contribution in [0.25, 0.3) is 0 Å². The molecule has 1 aliphatic heterocycles. The highest BCUT2D eigenvalue weighted by Crippen LogP contribution is 2.15. The average Bonchev–Trinajstić information content (AvgIpc) is 2.77. The topological polar surface area (TPSA) is 64.6 Å². The summed E-state index contributed by atoms with van der Waals surface area (Å²) in [5, 5.41) is 15.1. The number of halogens is 1. The highest BCUT2D eigenvalue weighted by Gasteiger charge is 2.15. The van der Waals surface area contributed by atoms with Crippen molar-refractivity contribution < 1.29 is 14.3 Å². The smallest absolute Gasteiger partial charge is 0.319 e. The number of aryl methyl sites for hydroxylation is 1. The number of nitrogens with zero attached hydrogens (tertiary/aromatic N) is 1. The quantitative estimate of drug-likeness (QED) is 0.780. The normalized spacial score (nSPS) is 17.3. The molecule has 1 heterocycles. The van der Waals surface area contributed by atoms with E-state index in [4.69, 9.17) is 0 Å². The molecule has 0 aromatic heterocycles. The van der Waals surface area contributed by atoms with Crippen LogP contribution in [0.4, 0.5) is 14.9 Å². The molecule has 0 unspecified atom stereocenters. The van der Waals surface area contributed by atoms with Crippen LogP contribution in [0.1, 0.15) is 31.2 Å². The van der Waals surface area contributed by atoms with Gasteiger partial charge in [-0.2, -0.15) is 0 Å². The molecule has 2 amide bonds. The number of hydrogen-bond donors (Lipinski definition) is 3. The van der Waals surface area contributed by atoms with E-state index in [1.54, 1.807) is 12.1 Å². The lowest BCUT2D eigenvalue weighted by atomic mass is 10.2. The molecule has 128 valence electrons. The number of amides is 2. The summed E-state index contributed by atoms with van der Waals surface area (Å²) in [4.78, 5) is 14.0. The fourth-order valence-electron chi connectivity index (χ4n) is 2.79. The Bertz CT molecular complexity index is 517. The van der Waals surface area contributed by atoms with Crippen molar-refractivity contribution in [3.63, 3.8) is 0 Å². The summed E-state index contributed by atoms with van der Waals surface area (Å²) in [6, 6.07) is 4.02. The van der Waals surface area contributed by atoms with Crippen molar-refractivity contribution in [1.82, 2.24) is 10.2 Å². The van der Waals surface area contributed by atoms with Gasteiger partial charge in [0.25, 0.3) is 0 Å². The number of carbonyl (C=O) groups excluding carboxylic acids is 1. The second-order valence-electron chi connectivity index (χ2n) is 6.19. The third-order valence-corrected chi connectivity index (χ3v) is 4.04. The molecule has 3 N–H and O–H groups in total. The van der Waals surface area contributed by atoms with Crippen molar-refractivity contribution in [1.29, 1.82) is 0 Å². The lowest BCUT2D eigenvalue weighted by Crippen LogP contribution is -2.41. The van der Waals surface area contributed by atoms with Crippen LogP contribution in [0, 0.1) is 12.7 Å². The zero-order valence-corrected chi connectivity index (χ0v) is 13.6. The molecule has 1 fully saturated rings. The first-order valence-electron chi connectivity index (χ1n) is 8.26. The second-order valence-corrected chi connectivity index (χ2v) is 6.19. The first-order chi connectivity index (χ1) is 11.0. The Morgan fingerprint density at radius 3 is 2.70 bits per heavy atom. The summed E-state index contributed by atoms with van der Waals surface area (Å²) < 4.78 is 13.6. The van der Waals surface area contributed by atoms with Crippen molar-refractivity contribution in [2.24, 2.45) is 0 Å². The first kappa shape index (κ1) is 17.7. The van der Waals surface area contributed by atoms with E-state index in [0.29, 0.717) is 6.54 Å². The molecule has 1 saturated heterocycles. The Hall–Kier alpha value is -1.66. The third kappa shape index (κ3) is 6.15. The molecule has 1 aromatic rings. The SMILES string of the molecule is Cc1ccc(F)c(NC(=O)NC[C@H](O)CN2CCCCCC2)c1. The number of likely N-dealkylation sites (tertiary alicyclic amines) is 1. The molecule has 2 rings (SSSR count). The van der Waals surface area contributed by atoms with Gasteiger partial charge in [0.2, 0.25) is 0 Å². The summed E-state index contributed by atoms with van der Waals surface area (Å²) in [6.07, 6.45) is 4.19. The highest BCUT2D eigenvalue weighted by molar-refractivity contribution is 5.89. The van der Waals surface area contributed by atoms with Gasteiger partial charge in [0.1, 0.15) is 5.82 Å². The number of rotatable bonds is 5. The minimum absolute atomic E-state index is 0.143. The number of benzene rings is 1. The van der Waals surface area contributed by atoms with Crippen LogP contribution in [-0.2, 0) is 0 Å². The van der Waals surface area contributed by atoms with Crippen molar-refractivity contribution in [3.05, 3.63) is 29.6 Å². The maximum absolute atomic E-state index is 13.6. The fourth-order valence-corrected chi connectivity index (χ4v) is 2.79. The van der Waals surface area contributed by atoms with Gasteiger partial charge >= 0.3 is 6.03 Å². The molecule has 6 heteroatoms. The van der Waals surface area contributed by atoms with Crippen molar-refractivity contribution in [3.8, 4) is 0 Å². The van der Waals surface area contributed by atoms with Crippen molar-refractivity contribution in [2.75, 3.05) is 31.5 Å². The summed E-state index contributed by atoms with van der Waals surface area (Å²) in [6.45, 7) is 4.53. The molecular formula is C17H26FN3O2. The van der Waals surface area contributed by atoms with Crippen molar-refractivity contribution >= 4 is 11.7 Å². The van der Waals surface area contributed by atoms with E-state index in [2.05, 4.69) is 15.5 Å². The van der Waals surface area contributed by atoms with Crippen LogP contribution in [0.2, 0.25) is 0 Å². The van der Waals surface area contributed by atoms with E-state index in [1.165, 1.54) is 18.9 Å². The molecule has 0 aliphatic carbocycles. The van der Waals surface area contributed by atoms with Gasteiger partial charge in [0, 0.05) is 13.1 Å². The van der Waals surface area contributed by atoms with Crippen LogP contribution in [-0.4, -0.2) is 48.3 Å². The van der Waals surface area contributed by atoms with Crippen LogP contribution in [0.15, 0.2) is 18.2 Å². The summed E-state index contributed by atoms with van der Waals surface area (Å²) in [5.41, 5.74) is 1.01. The average molecular weight is 323 g/mol. The van der Waals surface area contributed by atoms with E-state index in [1.807, 2.05) is 6.92 Å². The second kappa shape index (κ2) is 8.84. The van der Waals surface area contributed by atoms with Crippen LogP contribution in [0.5, 0.6) is 0 Å². The molecule has 1 aromatic carbocycles. The number of aliphatic hydroxyl groups excluding tert-OH is 1. The molecule has 0 saturated carbocycles. The number of aliphatic hydroxyl groups is 1. The number of urea groups is 1. The number of carbonyl (C=O) groups is 1. The third-order valence-electron chi connectivity index (χ3n) is 4.04. The van der Waals surface area contributed by atoms with E-state index >= 15 is 0 Å². The van der Waals surface area contributed by atoms with Crippen LogP contribution in [0.3, 0.4) is 0 Å². The summed E-state index contributed by atoms with van der Waals surface area (Å²) >= 11 is 0. The minimum atomic E-state index is -0.624. The molecule has 23 heavy (non-hydrogen) atoms. The Morgan fingerprint density at radius 2 is 2.00 bits per heavy atom. The molecule has 1 aliphatic rings. The lowest BCUT2D eigenvalue weighted by molar-refractivity contribution is 0.115. The number of nitrogens with one attached hydrogen (secondary N) is 2. The molecule has 0 bridgehead atoms. The standard InChI is InChI=1S/C17H26FN3O2/c1-13-6-7-15(18)16(10-13)20-17(23)19-11-14(22)12-21-8-4-2-3-5-9-21/h6-7,10,14,22H,2-5,8-9,11-12H2,1H3,(H2,19,20,23)/t14-/m0/s1. The van der Waals surface area contributed by atoms with Gasteiger partial charge in [0.15, 0.2) is 0 Å². The molecule has 1 atom stereocenters. The Morgan fingerprint density at radius 1 is 1.30 bits per heavy atom. The largest absolute Gasteiger partial charge is 0.390 e.